The molecule has 0 spiro atoms. The van der Waals surface area contributed by atoms with E-state index in [-0.39, 0.29) is 5.91 Å². The topological polar surface area (TPSA) is 71.1 Å². The lowest BCUT2D eigenvalue weighted by Gasteiger charge is -2.29. The molecule has 0 bridgehead atoms. The molecule has 0 radical (unpaired) electrons. The van der Waals surface area contributed by atoms with Crippen molar-refractivity contribution in [2.45, 2.75) is 26.2 Å². The van der Waals surface area contributed by atoms with Crippen molar-refractivity contribution in [3.63, 3.8) is 0 Å². The van der Waals surface area contributed by atoms with Gasteiger partial charge in [-0.25, -0.2) is 4.98 Å². The van der Waals surface area contributed by atoms with Crippen molar-refractivity contribution in [1.29, 1.82) is 0 Å². The zero-order valence-electron chi connectivity index (χ0n) is 15.8. The summed E-state index contributed by atoms with van der Waals surface area (Å²) in [5.41, 5.74) is 3.92. The Kier molecular flexibility index (Phi) is 4.39. The maximum Gasteiger partial charge on any atom is 0.282 e. The fourth-order valence-corrected chi connectivity index (χ4v) is 4.87. The Morgan fingerprint density at radius 2 is 2.14 bits per heavy atom. The molecule has 3 aromatic rings. The third-order valence-corrected chi connectivity index (χ3v) is 6.71. The molecule has 2 aromatic heterocycles. The second kappa shape index (κ2) is 7.05. The van der Waals surface area contributed by atoms with E-state index in [2.05, 4.69) is 23.2 Å². The van der Waals surface area contributed by atoms with Gasteiger partial charge in [0.15, 0.2) is 5.01 Å². The van der Waals surface area contributed by atoms with Gasteiger partial charge in [0.2, 0.25) is 0 Å². The predicted molar refractivity (Wildman–Crippen MR) is 109 cm³/mol. The molecule has 0 atom stereocenters. The van der Waals surface area contributed by atoms with Gasteiger partial charge in [-0.15, -0.1) is 11.3 Å². The number of hydrogen-bond acceptors (Lipinski definition) is 5. The number of H-pyrrole nitrogens is 1. The lowest BCUT2D eigenvalue weighted by molar-refractivity contribution is 0.0697. The predicted octanol–water partition coefficient (Wildman–Crippen LogP) is 4.01. The Labute approximate surface area is 167 Å². The quantitative estimate of drug-likeness (QED) is 0.713. The average Bonchev–Trinajstić information content (AvgIpc) is 3.36. The molecular weight excluding hydrogens is 372 g/mol. The van der Waals surface area contributed by atoms with E-state index in [9.17, 15) is 4.79 Å². The molecule has 0 aliphatic carbocycles. The number of nitrogens with one attached hydrogen (secondary N) is 1. The monoisotopic (exact) mass is 394 g/mol. The summed E-state index contributed by atoms with van der Waals surface area (Å²) in [6, 6.07) is 6.12. The average molecular weight is 395 g/mol. The van der Waals surface area contributed by atoms with Gasteiger partial charge in [-0.1, -0.05) is 13.0 Å². The smallest absolute Gasteiger partial charge is 0.282 e. The van der Waals surface area contributed by atoms with E-state index in [1.165, 1.54) is 11.3 Å². The molecule has 2 aliphatic heterocycles. The van der Waals surface area contributed by atoms with Gasteiger partial charge in [0, 0.05) is 41.7 Å². The van der Waals surface area contributed by atoms with Gasteiger partial charge >= 0.3 is 0 Å². The molecule has 144 valence electrons. The fourth-order valence-electron chi connectivity index (χ4n) is 3.85. The van der Waals surface area contributed by atoms with Crippen LogP contribution >= 0.6 is 11.3 Å². The number of fused-ring (bicyclic) bond motifs is 3. The maximum atomic E-state index is 13.0. The number of likely N-dealkylation sites (tertiary alicyclic amines) is 1. The molecule has 1 fully saturated rings. The third-order valence-electron chi connectivity index (χ3n) is 5.61. The van der Waals surface area contributed by atoms with Gasteiger partial charge < -0.3 is 9.64 Å². The molecule has 28 heavy (non-hydrogen) atoms. The molecule has 1 N–H and O–H groups in total. The van der Waals surface area contributed by atoms with Crippen LogP contribution < -0.4 is 4.74 Å². The summed E-state index contributed by atoms with van der Waals surface area (Å²) < 4.78 is 6.00. The van der Waals surface area contributed by atoms with Crippen LogP contribution in [0.15, 0.2) is 30.6 Å². The highest BCUT2D eigenvalue weighted by molar-refractivity contribution is 7.14. The van der Waals surface area contributed by atoms with E-state index in [0.717, 1.165) is 65.4 Å². The number of rotatable bonds is 2. The number of carbonyl (C=O) groups excluding carboxylic acids is 1. The Hall–Kier alpha value is -2.67. The lowest BCUT2D eigenvalue weighted by atomic mass is 9.99. The number of aromatic amines is 1. The van der Waals surface area contributed by atoms with Gasteiger partial charge in [0.1, 0.15) is 5.75 Å². The molecule has 6 nitrogen and oxygen atoms in total. The van der Waals surface area contributed by atoms with Crippen LogP contribution in [0.2, 0.25) is 0 Å². The molecule has 2 aliphatic rings. The molecule has 0 unspecified atom stereocenters. The number of amides is 1. The molecule has 1 saturated heterocycles. The number of carbonyl (C=O) groups is 1. The van der Waals surface area contributed by atoms with Crippen molar-refractivity contribution >= 4 is 17.2 Å². The van der Waals surface area contributed by atoms with E-state index in [1.807, 2.05) is 23.2 Å². The Balaban J connectivity index is 1.47. The van der Waals surface area contributed by atoms with Crippen molar-refractivity contribution < 1.29 is 9.53 Å². The summed E-state index contributed by atoms with van der Waals surface area (Å²) in [5.74, 6) is 1.58. The third kappa shape index (κ3) is 3.09. The zero-order valence-corrected chi connectivity index (χ0v) is 16.6. The van der Waals surface area contributed by atoms with Crippen LogP contribution in [0.5, 0.6) is 5.75 Å². The van der Waals surface area contributed by atoms with Crippen molar-refractivity contribution in [2.24, 2.45) is 5.92 Å². The largest absolute Gasteiger partial charge is 0.492 e. The second-order valence-electron chi connectivity index (χ2n) is 7.56. The number of aromatic nitrogens is 3. The number of nitrogens with zero attached hydrogens (tertiary/aromatic N) is 3. The van der Waals surface area contributed by atoms with Crippen LogP contribution in [0.1, 0.15) is 34.4 Å². The van der Waals surface area contributed by atoms with Crippen LogP contribution in [0.25, 0.3) is 22.4 Å². The number of benzene rings is 1. The van der Waals surface area contributed by atoms with Gasteiger partial charge in [-0.05, 0) is 36.5 Å². The highest BCUT2D eigenvalue weighted by atomic mass is 32.1. The molecule has 5 rings (SSSR count). The van der Waals surface area contributed by atoms with E-state index >= 15 is 0 Å². The van der Waals surface area contributed by atoms with Gasteiger partial charge in [0.05, 0.1) is 18.5 Å². The normalized spacial score (nSPS) is 16.8. The summed E-state index contributed by atoms with van der Waals surface area (Å²) >= 11 is 1.52. The number of thiazole rings is 1. The van der Waals surface area contributed by atoms with Crippen molar-refractivity contribution in [3.8, 4) is 28.1 Å². The number of ether oxygens (including phenoxy) is 1. The summed E-state index contributed by atoms with van der Waals surface area (Å²) in [6.07, 6.45) is 6.58. The van der Waals surface area contributed by atoms with E-state index < -0.39 is 0 Å². The minimum Gasteiger partial charge on any atom is -0.492 e. The summed E-state index contributed by atoms with van der Waals surface area (Å²) in [4.78, 5) is 20.8. The summed E-state index contributed by atoms with van der Waals surface area (Å²) in [6.45, 7) is 4.50. The SMILES string of the molecule is CC1CCN(C(=O)c2nc3c(s2)CCOc2cc(-c4cn[nH]c4)ccc2-3)CC1. The molecule has 0 saturated carbocycles. The van der Waals surface area contributed by atoms with Crippen LogP contribution in [-0.4, -0.2) is 45.7 Å². The Morgan fingerprint density at radius 1 is 1.29 bits per heavy atom. The molecule has 1 aromatic carbocycles. The first kappa shape index (κ1) is 17.4. The van der Waals surface area contributed by atoms with Crippen LogP contribution in [0.4, 0.5) is 0 Å². The van der Waals surface area contributed by atoms with Crippen LogP contribution in [0.3, 0.4) is 0 Å². The molecular formula is C21H22N4O2S. The number of hydrogen-bond donors (Lipinski definition) is 1. The first-order valence-corrected chi connectivity index (χ1v) is 10.6. The van der Waals surface area contributed by atoms with Gasteiger partial charge in [-0.3, -0.25) is 9.89 Å². The van der Waals surface area contributed by atoms with E-state index in [4.69, 9.17) is 9.72 Å². The lowest BCUT2D eigenvalue weighted by Crippen LogP contribution is -2.37. The number of piperidine rings is 1. The van der Waals surface area contributed by atoms with Crippen molar-refractivity contribution in [1.82, 2.24) is 20.1 Å². The van der Waals surface area contributed by atoms with Crippen molar-refractivity contribution in [3.05, 3.63) is 40.5 Å². The standard InChI is InChI=1S/C21H22N4O2S/c1-13-4-7-25(8-5-13)21(26)20-24-19-16-3-2-14(15-11-22-23-12-15)10-17(16)27-9-6-18(19)28-20/h2-3,10-13H,4-9H2,1H3,(H,22,23). The summed E-state index contributed by atoms with van der Waals surface area (Å²) in [7, 11) is 0. The highest BCUT2D eigenvalue weighted by Crippen LogP contribution is 2.40. The minimum absolute atomic E-state index is 0.0717. The molecule has 4 heterocycles. The fraction of sp³-hybridized carbons (Fsp3) is 0.381. The Bertz CT molecular complexity index is 1000. The van der Waals surface area contributed by atoms with Crippen LogP contribution in [-0.2, 0) is 6.42 Å². The van der Waals surface area contributed by atoms with Crippen molar-refractivity contribution in [2.75, 3.05) is 19.7 Å². The first-order chi connectivity index (χ1) is 13.7. The highest BCUT2D eigenvalue weighted by Gasteiger charge is 2.27. The minimum atomic E-state index is 0.0717. The zero-order chi connectivity index (χ0) is 19.1. The van der Waals surface area contributed by atoms with Crippen LogP contribution in [0, 0.1) is 5.92 Å². The van der Waals surface area contributed by atoms with E-state index in [1.54, 1.807) is 6.20 Å². The van der Waals surface area contributed by atoms with Gasteiger partial charge in [-0.2, -0.15) is 5.10 Å². The van der Waals surface area contributed by atoms with Gasteiger partial charge in [0.25, 0.3) is 5.91 Å². The Morgan fingerprint density at radius 3 is 2.93 bits per heavy atom. The molecule has 7 heteroatoms. The second-order valence-corrected chi connectivity index (χ2v) is 8.65. The summed E-state index contributed by atoms with van der Waals surface area (Å²) in [5, 5.41) is 7.46. The first-order valence-electron chi connectivity index (χ1n) is 9.74. The maximum absolute atomic E-state index is 13.0. The van der Waals surface area contributed by atoms with E-state index in [0.29, 0.717) is 17.5 Å². The molecule has 1 amide bonds.